The highest BCUT2D eigenvalue weighted by atomic mass is 19.1. The zero-order valence-electron chi connectivity index (χ0n) is 83.3. The molecular weight excluding hydrogens is 1600 g/mol. The maximum atomic E-state index is 13.2. The number of piperidine rings is 1. The molecule has 0 amide bonds. The Morgan fingerprint density at radius 2 is 0.546 bits per heavy atom. The Bertz CT molecular complexity index is 4520. The number of ether oxygens (including phenoxy) is 2. The van der Waals surface area contributed by atoms with Crippen molar-refractivity contribution in [1.82, 2.24) is 49.0 Å². The van der Waals surface area contributed by atoms with Crippen LogP contribution < -0.4 is 4.74 Å². The van der Waals surface area contributed by atoms with Crippen LogP contribution >= 0.6 is 0 Å². The third-order valence-electron chi connectivity index (χ3n) is 23.5. The summed E-state index contributed by atoms with van der Waals surface area (Å²) in [6, 6.07) is 89.9. The fourth-order valence-corrected chi connectivity index (χ4v) is 17.1. The molecule has 2 saturated heterocycles. The van der Waals surface area contributed by atoms with E-state index < -0.39 is 0 Å². The van der Waals surface area contributed by atoms with Crippen molar-refractivity contribution >= 4 is 0 Å². The predicted molar refractivity (Wildman–Crippen MR) is 549 cm³/mol. The van der Waals surface area contributed by atoms with Gasteiger partial charge in [0.05, 0.1) is 20.3 Å². The van der Waals surface area contributed by atoms with Crippen LogP contribution in [0.4, 0.5) is 4.39 Å². The lowest BCUT2D eigenvalue weighted by molar-refractivity contribution is 0.0325. The summed E-state index contributed by atoms with van der Waals surface area (Å²) in [5.74, 6) is 4.52. The monoisotopic (exact) mass is 1770 g/mol. The second-order valence-corrected chi connectivity index (χ2v) is 39.5. The van der Waals surface area contributed by atoms with Gasteiger partial charge in [0.1, 0.15) is 17.3 Å². The smallest absolute Gasteiger partial charge is 0.123 e. The highest BCUT2D eigenvalue weighted by Gasteiger charge is 2.19. The minimum Gasteiger partial charge on any atom is -0.508 e. The average Bonchev–Trinajstić information content (AvgIpc) is 0.880. The van der Waals surface area contributed by atoms with Crippen LogP contribution in [0.3, 0.4) is 0 Å². The van der Waals surface area contributed by atoms with E-state index in [-0.39, 0.29) is 5.82 Å². The summed E-state index contributed by atoms with van der Waals surface area (Å²) in [4.78, 5) is 24.4. The van der Waals surface area contributed by atoms with Crippen molar-refractivity contribution < 1.29 is 19.0 Å². The van der Waals surface area contributed by atoms with Gasteiger partial charge in [-0.3, -0.25) is 29.4 Å². The van der Waals surface area contributed by atoms with Crippen molar-refractivity contribution in [3.05, 3.63) is 344 Å². The number of likely N-dealkylation sites (N-methyl/N-ethyl adjacent to an activating group) is 3. The SMILES string of the molecule is CC(C)Cc1cccc(CN(CCN(C)C)Cc2ccc(F)cc2)c1.CC(C)Cc1cccc(CN(CCN(C)C)Cc2cccc(O)c2)c1.CC(C)Cc1cccc(CN(CCN2CCCCC2)Cc2ccccc2)c1.CC(C)Cc1cccc(CN(CCN2CCOCC2)Cc2ccccc2)c1.COc1cccc(CN(CCN(C)C)Cc2cccc(CC(C)C)c2)c1. The molecule has 2 heterocycles. The van der Waals surface area contributed by atoms with Crippen LogP contribution in [0.25, 0.3) is 0 Å². The van der Waals surface area contributed by atoms with Gasteiger partial charge in [-0.25, -0.2) is 4.39 Å². The van der Waals surface area contributed by atoms with E-state index in [0.717, 1.165) is 193 Å². The van der Waals surface area contributed by atoms with E-state index in [1.54, 1.807) is 25.3 Å². The number of benzene rings is 10. The number of phenolic OH excluding ortho intramolecular Hbond substituents is 1. The van der Waals surface area contributed by atoms with Gasteiger partial charge in [0.15, 0.2) is 0 Å². The topological polar surface area (TPSA) is 71.1 Å². The molecule has 2 fully saturated rings. The molecule has 14 heteroatoms. The molecule has 0 spiro atoms. The Balaban J connectivity index is 0.000000201. The molecule has 0 aromatic heterocycles. The molecule has 706 valence electrons. The number of aromatic hydroxyl groups is 1. The van der Waals surface area contributed by atoms with Crippen LogP contribution in [-0.4, -0.2) is 208 Å². The fourth-order valence-electron chi connectivity index (χ4n) is 17.1. The van der Waals surface area contributed by atoms with Gasteiger partial charge >= 0.3 is 0 Å². The molecule has 13 nitrogen and oxygen atoms in total. The van der Waals surface area contributed by atoms with Gasteiger partial charge in [0.25, 0.3) is 0 Å². The van der Waals surface area contributed by atoms with Gasteiger partial charge < -0.3 is 34.2 Å². The normalized spacial score (nSPS) is 13.3. The molecular formula is C116H167FN10O3. The Hall–Kier alpha value is -8.71. The van der Waals surface area contributed by atoms with E-state index in [4.69, 9.17) is 9.47 Å². The van der Waals surface area contributed by atoms with Crippen LogP contribution in [0.5, 0.6) is 11.5 Å². The van der Waals surface area contributed by atoms with E-state index in [1.807, 2.05) is 30.3 Å². The molecule has 2 aliphatic rings. The van der Waals surface area contributed by atoms with Crippen LogP contribution in [0.2, 0.25) is 0 Å². The van der Waals surface area contributed by atoms with Crippen molar-refractivity contribution in [2.75, 3.05) is 154 Å². The van der Waals surface area contributed by atoms with Crippen LogP contribution in [-0.2, 0) is 102 Å². The summed E-state index contributed by atoms with van der Waals surface area (Å²) >= 11 is 0. The first-order chi connectivity index (χ1) is 62.7. The first-order valence-electron chi connectivity index (χ1n) is 48.9. The number of likely N-dealkylation sites (tertiary alicyclic amines) is 1. The molecule has 10 aromatic carbocycles. The Kier molecular flexibility index (Phi) is 49.6. The summed E-state index contributed by atoms with van der Waals surface area (Å²) in [6.07, 6.45) is 9.85. The number of morpholine rings is 1. The molecule has 0 unspecified atom stereocenters. The number of nitrogens with zero attached hydrogens (tertiary/aromatic N) is 10. The van der Waals surface area contributed by atoms with Crippen molar-refractivity contribution in [2.45, 2.75) is 186 Å². The molecule has 0 aliphatic carbocycles. The van der Waals surface area contributed by atoms with Crippen LogP contribution in [0.1, 0.15) is 172 Å². The zero-order chi connectivity index (χ0) is 93.2. The van der Waals surface area contributed by atoms with Gasteiger partial charge in [-0.15, -0.1) is 0 Å². The summed E-state index contributed by atoms with van der Waals surface area (Å²) in [5, 5.41) is 9.73. The van der Waals surface area contributed by atoms with Crippen molar-refractivity contribution in [3.8, 4) is 11.5 Å². The standard InChI is InChI=1S/C25H36N2.C24H34N2O.C23H34N2O.C22H31FN2.C22H32N2O/c1-22(2)18-24-12-9-13-25(19-24)21-27(20-23-10-5-3-6-11-23)17-16-26-14-7-4-8-15-26;1-21(2)17-23-9-6-10-24(18-23)20-26(19-22-7-4-3-5-8-22)12-11-25-13-15-27-16-14-25;1-19(2)14-20-8-6-9-21(15-20)17-25(13-12-24(3)4)18-22-10-7-11-23(16-22)26-5;1-18(2)14-20-6-5-7-21(15-20)17-25(13-12-24(3)4)16-19-8-10-22(23)11-9-19;1-18(2)13-19-7-5-8-20(14-19)16-24(12-11-23(3)4)17-21-9-6-10-22(25)15-21/h3,5-6,9-13,19,22H,4,7-8,14-18,20-21H2,1-2H3;3-10,18,21H,11-17,19-20H2,1-2H3;6-11,15-16,19H,12-14,17-18H2,1-5H3;5-11,15,18H,12-14,16-17H2,1-4H3;5-10,14-15,18,25H,11-13,16-17H2,1-4H3. The van der Waals surface area contributed by atoms with Gasteiger partial charge in [0, 0.05) is 144 Å². The Morgan fingerprint density at radius 1 is 0.285 bits per heavy atom. The molecule has 2 aliphatic heterocycles. The molecule has 1 N–H and O–H groups in total. The third-order valence-corrected chi connectivity index (χ3v) is 23.5. The Morgan fingerprint density at radius 3 is 0.854 bits per heavy atom. The lowest BCUT2D eigenvalue weighted by Gasteiger charge is -2.30. The summed E-state index contributed by atoms with van der Waals surface area (Å²) in [6.45, 7) is 49.3. The maximum absolute atomic E-state index is 13.2. The van der Waals surface area contributed by atoms with E-state index in [9.17, 15) is 9.50 Å². The summed E-state index contributed by atoms with van der Waals surface area (Å²) in [7, 11) is 14.4. The van der Waals surface area contributed by atoms with Gasteiger partial charge in [-0.1, -0.05) is 294 Å². The van der Waals surface area contributed by atoms with Gasteiger partial charge in [0.2, 0.25) is 0 Å². The van der Waals surface area contributed by atoms with E-state index in [2.05, 4.69) is 367 Å². The number of halogens is 1. The first-order valence-corrected chi connectivity index (χ1v) is 48.9. The van der Waals surface area contributed by atoms with Crippen molar-refractivity contribution in [1.29, 1.82) is 0 Å². The minimum atomic E-state index is -0.176. The second-order valence-electron chi connectivity index (χ2n) is 39.5. The Labute approximate surface area is 788 Å². The minimum absolute atomic E-state index is 0.176. The molecule has 0 bridgehead atoms. The number of hydrogen-bond donors (Lipinski definition) is 1. The summed E-state index contributed by atoms with van der Waals surface area (Å²) in [5.41, 5.74) is 20.5. The molecule has 0 radical (unpaired) electrons. The number of hydrogen-bond acceptors (Lipinski definition) is 13. The maximum Gasteiger partial charge on any atom is 0.123 e. The zero-order valence-corrected chi connectivity index (χ0v) is 83.3. The van der Waals surface area contributed by atoms with Crippen molar-refractivity contribution in [2.24, 2.45) is 29.6 Å². The third kappa shape index (κ3) is 46.1. The highest BCUT2D eigenvalue weighted by molar-refractivity contribution is 5.32. The van der Waals surface area contributed by atoms with E-state index in [1.165, 1.54) is 118 Å². The van der Waals surface area contributed by atoms with Crippen LogP contribution in [0, 0.1) is 35.4 Å². The second kappa shape index (κ2) is 60.4. The van der Waals surface area contributed by atoms with E-state index >= 15 is 0 Å². The number of methoxy groups -OCH3 is 1. The quantitative estimate of drug-likeness (QED) is 0.0394. The largest absolute Gasteiger partial charge is 0.508 e. The van der Waals surface area contributed by atoms with Gasteiger partial charge in [-0.05, 0) is 250 Å². The van der Waals surface area contributed by atoms with E-state index in [0.29, 0.717) is 35.3 Å². The van der Waals surface area contributed by atoms with Crippen molar-refractivity contribution in [3.63, 3.8) is 0 Å². The molecule has 130 heavy (non-hydrogen) atoms. The summed E-state index contributed by atoms with van der Waals surface area (Å²) < 4.78 is 24.0. The predicted octanol–water partition coefficient (Wildman–Crippen LogP) is 22.8. The molecule has 10 aromatic rings. The lowest BCUT2D eigenvalue weighted by Crippen LogP contribution is -2.41. The molecule has 12 rings (SSSR count). The number of phenols is 1. The lowest BCUT2D eigenvalue weighted by atomic mass is 10.0. The molecule has 0 atom stereocenters. The first kappa shape index (κ1) is 107. The average molecular weight is 1770 g/mol. The van der Waals surface area contributed by atoms with Gasteiger partial charge in [-0.2, -0.15) is 0 Å². The van der Waals surface area contributed by atoms with Crippen LogP contribution in [0.15, 0.2) is 255 Å². The fraction of sp³-hybridized carbons (Fsp3) is 0.483. The number of rotatable bonds is 46. The highest BCUT2D eigenvalue weighted by Crippen LogP contribution is 2.24. The molecule has 0 saturated carbocycles.